The van der Waals surface area contributed by atoms with Gasteiger partial charge in [-0.25, -0.2) is 0 Å². The molecule has 0 atom stereocenters. The summed E-state index contributed by atoms with van der Waals surface area (Å²) >= 11 is 0. The van der Waals surface area contributed by atoms with Crippen molar-refractivity contribution in [2.45, 2.75) is 125 Å². The molecule has 5 heteroatoms. The van der Waals surface area contributed by atoms with Gasteiger partial charge in [0, 0.05) is 6.61 Å². The molecule has 0 radical (unpaired) electrons. The van der Waals surface area contributed by atoms with Gasteiger partial charge >= 0.3 is 0 Å². The van der Waals surface area contributed by atoms with E-state index in [1.54, 1.807) is 0 Å². The fourth-order valence-corrected chi connectivity index (χ4v) is 9.21. The average Bonchev–Trinajstić information content (AvgIpc) is 2.88. The molecule has 0 aromatic carbocycles. The molecule has 35 heavy (non-hydrogen) atoms. The lowest BCUT2D eigenvalue weighted by atomic mass is 9.75. The molecule has 0 unspecified atom stereocenters. The molecule has 4 nitrogen and oxygen atoms in total. The van der Waals surface area contributed by atoms with Crippen molar-refractivity contribution in [1.29, 1.82) is 0 Å². The zero-order valence-electron chi connectivity index (χ0n) is 25.9. The van der Waals surface area contributed by atoms with Crippen LogP contribution in [0, 0.1) is 5.41 Å². The molecule has 0 bridgehead atoms. The van der Waals surface area contributed by atoms with E-state index in [0.717, 1.165) is 6.61 Å². The molecule has 0 aromatic rings. The Morgan fingerprint density at radius 1 is 0.514 bits per heavy atom. The summed E-state index contributed by atoms with van der Waals surface area (Å²) in [5, 5.41) is 0. The van der Waals surface area contributed by atoms with Crippen LogP contribution in [0.1, 0.15) is 107 Å². The van der Waals surface area contributed by atoms with Crippen molar-refractivity contribution in [3.05, 3.63) is 0 Å². The maximum absolute atomic E-state index is 6.59. The first kappa shape index (κ1) is 35.1. The highest BCUT2D eigenvalue weighted by Crippen LogP contribution is 2.41. The second-order valence-electron chi connectivity index (χ2n) is 10.9. The molecule has 0 N–H and O–H groups in total. The highest BCUT2D eigenvalue weighted by molar-refractivity contribution is 6.73. The smallest absolute Gasteiger partial charge is 0.192 e. The lowest BCUT2D eigenvalue weighted by Crippen LogP contribution is -2.42. The van der Waals surface area contributed by atoms with E-state index >= 15 is 0 Å². The normalized spacial score (nSPS) is 13.0. The Balaban J connectivity index is 5.96. The van der Waals surface area contributed by atoms with Crippen molar-refractivity contribution in [3.8, 4) is 0 Å². The standard InChI is InChI=1S/C30H67N3OSi/c1-10-23-31(13-4)26-19-30(20-27-32(14-5)24-11-2,21-28-33(15-6)25-12-3)22-29-35(17-8,18-9)34-16-7/h10-29H2,1-9H3. The third-order valence-corrected chi connectivity index (χ3v) is 13.3. The molecular weight excluding hydrogens is 446 g/mol. The van der Waals surface area contributed by atoms with Gasteiger partial charge in [-0.3, -0.25) is 0 Å². The Hall–Kier alpha value is 0.0569. The van der Waals surface area contributed by atoms with E-state index < -0.39 is 8.32 Å². The number of hydrogen-bond donors (Lipinski definition) is 0. The maximum atomic E-state index is 6.59. The molecule has 0 aromatic heterocycles. The molecule has 0 aliphatic rings. The van der Waals surface area contributed by atoms with Crippen molar-refractivity contribution >= 4 is 8.32 Å². The summed E-state index contributed by atoms with van der Waals surface area (Å²) in [4.78, 5) is 8.11. The second-order valence-corrected chi connectivity index (χ2v) is 15.4. The molecule has 0 spiro atoms. The van der Waals surface area contributed by atoms with E-state index in [1.165, 1.54) is 122 Å². The van der Waals surface area contributed by atoms with Gasteiger partial charge in [0.15, 0.2) is 8.32 Å². The zero-order chi connectivity index (χ0) is 26.6. The summed E-state index contributed by atoms with van der Waals surface area (Å²) in [6.45, 7) is 32.9. The monoisotopic (exact) mass is 514 g/mol. The topological polar surface area (TPSA) is 19.0 Å². The van der Waals surface area contributed by atoms with Crippen LogP contribution in [0.4, 0.5) is 0 Å². The fraction of sp³-hybridized carbons (Fsp3) is 1.00. The van der Waals surface area contributed by atoms with Crippen LogP contribution in [-0.2, 0) is 4.43 Å². The van der Waals surface area contributed by atoms with Gasteiger partial charge in [-0.2, -0.15) is 0 Å². The Kier molecular flexibility index (Phi) is 21.1. The molecule has 0 aliphatic carbocycles. The van der Waals surface area contributed by atoms with Gasteiger partial charge in [0.25, 0.3) is 0 Å². The molecule has 0 fully saturated rings. The number of hydrogen-bond acceptors (Lipinski definition) is 4. The van der Waals surface area contributed by atoms with Crippen molar-refractivity contribution in [2.75, 3.05) is 65.5 Å². The van der Waals surface area contributed by atoms with Crippen LogP contribution in [0.25, 0.3) is 0 Å². The van der Waals surface area contributed by atoms with Gasteiger partial charge in [0.1, 0.15) is 0 Å². The van der Waals surface area contributed by atoms with Crippen LogP contribution in [0.5, 0.6) is 0 Å². The summed E-state index contributed by atoms with van der Waals surface area (Å²) < 4.78 is 6.59. The molecule has 0 rings (SSSR count). The van der Waals surface area contributed by atoms with E-state index in [4.69, 9.17) is 4.43 Å². The van der Waals surface area contributed by atoms with E-state index in [-0.39, 0.29) is 0 Å². The largest absolute Gasteiger partial charge is 0.417 e. The Morgan fingerprint density at radius 2 is 0.886 bits per heavy atom. The predicted octanol–water partition coefficient (Wildman–Crippen LogP) is 7.75. The van der Waals surface area contributed by atoms with Gasteiger partial charge in [-0.15, -0.1) is 0 Å². The molecule has 212 valence electrons. The molecule has 0 saturated heterocycles. The molecule has 0 heterocycles. The Labute approximate surface area is 223 Å². The van der Waals surface area contributed by atoms with Crippen molar-refractivity contribution in [3.63, 3.8) is 0 Å². The maximum Gasteiger partial charge on any atom is 0.192 e. The predicted molar refractivity (Wildman–Crippen MR) is 161 cm³/mol. The third kappa shape index (κ3) is 14.0. The lowest BCUT2D eigenvalue weighted by Gasteiger charge is -2.41. The quantitative estimate of drug-likeness (QED) is 0.116. The molecule has 0 saturated carbocycles. The van der Waals surface area contributed by atoms with Crippen LogP contribution < -0.4 is 0 Å². The van der Waals surface area contributed by atoms with Crippen molar-refractivity contribution < 1.29 is 4.43 Å². The summed E-state index contributed by atoms with van der Waals surface area (Å²) in [6, 6.07) is 3.86. The highest BCUT2D eigenvalue weighted by atomic mass is 28.4. The Bertz CT molecular complexity index is 427. The van der Waals surface area contributed by atoms with Crippen LogP contribution >= 0.6 is 0 Å². The SMILES string of the molecule is CCCN(CC)CCC(CCN(CC)CCC)(CCN(CC)CCC)CC[Si](CC)(CC)OCC. The summed E-state index contributed by atoms with van der Waals surface area (Å²) in [5.41, 5.74) is 0.420. The third-order valence-electron chi connectivity index (χ3n) is 8.69. The minimum Gasteiger partial charge on any atom is -0.417 e. The van der Waals surface area contributed by atoms with Crippen LogP contribution in [0.2, 0.25) is 18.1 Å². The van der Waals surface area contributed by atoms with Gasteiger partial charge < -0.3 is 19.1 Å². The summed E-state index contributed by atoms with van der Waals surface area (Å²) in [7, 11) is -1.63. The van der Waals surface area contributed by atoms with Crippen molar-refractivity contribution in [2.24, 2.45) is 5.41 Å². The zero-order valence-corrected chi connectivity index (χ0v) is 26.9. The van der Waals surface area contributed by atoms with Gasteiger partial charge in [-0.1, -0.05) is 55.4 Å². The number of rotatable bonds is 25. The van der Waals surface area contributed by atoms with E-state index in [2.05, 4.69) is 77.0 Å². The minimum absolute atomic E-state index is 0.420. The fourth-order valence-electron chi connectivity index (χ4n) is 5.85. The summed E-state index contributed by atoms with van der Waals surface area (Å²) in [6.07, 6.45) is 9.17. The van der Waals surface area contributed by atoms with Gasteiger partial charge in [0.2, 0.25) is 0 Å². The van der Waals surface area contributed by atoms with Gasteiger partial charge in [-0.05, 0) is 134 Å². The first-order chi connectivity index (χ1) is 16.9. The lowest BCUT2D eigenvalue weighted by molar-refractivity contribution is 0.118. The number of nitrogens with zero attached hydrogens (tertiary/aromatic N) is 3. The second kappa shape index (κ2) is 21.0. The van der Waals surface area contributed by atoms with E-state index in [1.807, 2.05) is 0 Å². The van der Waals surface area contributed by atoms with Crippen LogP contribution in [-0.4, -0.2) is 88.5 Å². The Morgan fingerprint density at radius 3 is 1.14 bits per heavy atom. The van der Waals surface area contributed by atoms with E-state index in [0.29, 0.717) is 5.41 Å². The van der Waals surface area contributed by atoms with Crippen LogP contribution in [0.15, 0.2) is 0 Å². The first-order valence-corrected chi connectivity index (χ1v) is 18.2. The minimum atomic E-state index is -1.63. The van der Waals surface area contributed by atoms with Crippen LogP contribution in [0.3, 0.4) is 0 Å². The highest BCUT2D eigenvalue weighted by Gasteiger charge is 2.37. The molecular formula is C30H67N3OSi. The van der Waals surface area contributed by atoms with Crippen molar-refractivity contribution in [1.82, 2.24) is 14.7 Å². The summed E-state index contributed by atoms with van der Waals surface area (Å²) in [5.74, 6) is 0. The molecule has 0 amide bonds. The first-order valence-electron chi connectivity index (χ1n) is 15.7. The molecule has 0 aliphatic heterocycles. The average molecular weight is 514 g/mol. The van der Waals surface area contributed by atoms with E-state index in [9.17, 15) is 0 Å². The van der Waals surface area contributed by atoms with Gasteiger partial charge in [0.05, 0.1) is 0 Å².